The Morgan fingerprint density at radius 3 is 2.67 bits per heavy atom. The van der Waals surface area contributed by atoms with E-state index in [1.165, 1.54) is 31.4 Å². The first-order valence-corrected chi connectivity index (χ1v) is 6.30. The number of hydrogen-bond donors (Lipinski definition) is 1. The van der Waals surface area contributed by atoms with Crippen LogP contribution in [0.3, 0.4) is 0 Å². The number of carboxylic acid groups (broad SMARTS) is 1. The van der Waals surface area contributed by atoms with Crippen molar-refractivity contribution in [2.24, 2.45) is 0 Å². The van der Waals surface area contributed by atoms with Gasteiger partial charge in [-0.15, -0.1) is 0 Å². The van der Waals surface area contributed by atoms with Crippen LogP contribution in [0, 0.1) is 5.82 Å². The molecule has 1 fully saturated rings. The van der Waals surface area contributed by atoms with Gasteiger partial charge < -0.3 is 9.84 Å². The zero-order valence-corrected chi connectivity index (χ0v) is 10.2. The summed E-state index contributed by atoms with van der Waals surface area (Å²) in [6.07, 6.45) is 6.04. The summed E-state index contributed by atoms with van der Waals surface area (Å²) >= 11 is 0. The molecular formula is C14H17FO3. The lowest BCUT2D eigenvalue weighted by atomic mass is 9.98. The normalized spacial score (nSPS) is 16.7. The summed E-state index contributed by atoms with van der Waals surface area (Å²) in [7, 11) is 0. The topological polar surface area (TPSA) is 46.5 Å². The quantitative estimate of drug-likeness (QED) is 0.893. The van der Waals surface area contributed by atoms with E-state index in [-0.39, 0.29) is 11.7 Å². The van der Waals surface area contributed by atoms with Crippen LogP contribution >= 0.6 is 0 Å². The van der Waals surface area contributed by atoms with E-state index in [1.54, 1.807) is 6.07 Å². The van der Waals surface area contributed by atoms with Gasteiger partial charge in [0.15, 0.2) is 0 Å². The molecule has 0 amide bonds. The Morgan fingerprint density at radius 1 is 1.33 bits per heavy atom. The molecule has 0 aliphatic heterocycles. The van der Waals surface area contributed by atoms with Crippen LogP contribution in [-0.4, -0.2) is 17.2 Å². The standard InChI is InChI=1S/C14H17FO3/c15-13-8-10(6-7-12(13)14(16)17)9-18-11-4-2-1-3-5-11/h6-8,11H,1-5,9H2,(H,16,17). The third-order valence-electron chi connectivity index (χ3n) is 3.30. The van der Waals surface area contributed by atoms with E-state index in [9.17, 15) is 9.18 Å². The molecule has 0 aromatic heterocycles. The molecule has 0 spiro atoms. The largest absolute Gasteiger partial charge is 0.478 e. The molecule has 0 saturated heterocycles. The third kappa shape index (κ3) is 3.29. The van der Waals surface area contributed by atoms with E-state index in [4.69, 9.17) is 9.84 Å². The number of benzene rings is 1. The predicted octanol–water partition coefficient (Wildman–Crippen LogP) is 3.37. The molecule has 2 rings (SSSR count). The minimum atomic E-state index is -1.24. The molecule has 1 N–H and O–H groups in total. The van der Waals surface area contributed by atoms with Crippen LogP contribution in [0.4, 0.5) is 4.39 Å². The van der Waals surface area contributed by atoms with E-state index < -0.39 is 11.8 Å². The molecule has 1 aromatic rings. The summed E-state index contributed by atoms with van der Waals surface area (Å²) in [6.45, 7) is 0.349. The van der Waals surface area contributed by atoms with Gasteiger partial charge in [-0.05, 0) is 30.5 Å². The minimum absolute atomic E-state index is 0.265. The molecule has 0 bridgehead atoms. The summed E-state index contributed by atoms with van der Waals surface area (Å²) in [5, 5.41) is 8.72. The molecule has 0 atom stereocenters. The van der Waals surface area contributed by atoms with E-state index in [0.29, 0.717) is 12.2 Å². The van der Waals surface area contributed by atoms with Crippen LogP contribution in [0.5, 0.6) is 0 Å². The number of rotatable bonds is 4. The maximum absolute atomic E-state index is 13.4. The van der Waals surface area contributed by atoms with Crippen molar-refractivity contribution in [1.82, 2.24) is 0 Å². The van der Waals surface area contributed by atoms with Crippen LogP contribution < -0.4 is 0 Å². The summed E-state index contributed by atoms with van der Waals surface area (Å²) in [5.74, 6) is -1.94. The van der Waals surface area contributed by atoms with Crippen molar-refractivity contribution in [2.75, 3.05) is 0 Å². The van der Waals surface area contributed by atoms with Gasteiger partial charge in [-0.25, -0.2) is 9.18 Å². The predicted molar refractivity (Wildman–Crippen MR) is 65.0 cm³/mol. The van der Waals surface area contributed by atoms with E-state index in [1.807, 2.05) is 0 Å². The van der Waals surface area contributed by atoms with Gasteiger partial charge in [-0.3, -0.25) is 0 Å². The van der Waals surface area contributed by atoms with Crippen LogP contribution in [0.2, 0.25) is 0 Å². The average molecular weight is 252 g/mol. The van der Waals surface area contributed by atoms with Gasteiger partial charge in [-0.1, -0.05) is 25.3 Å². The summed E-state index contributed by atoms with van der Waals surface area (Å²) < 4.78 is 19.1. The van der Waals surface area contributed by atoms with Gasteiger partial charge in [0.2, 0.25) is 0 Å². The van der Waals surface area contributed by atoms with Gasteiger partial charge in [-0.2, -0.15) is 0 Å². The average Bonchev–Trinajstić information content (AvgIpc) is 2.37. The fraction of sp³-hybridized carbons (Fsp3) is 0.500. The second kappa shape index (κ2) is 5.96. The van der Waals surface area contributed by atoms with E-state index >= 15 is 0 Å². The Bertz CT molecular complexity index is 425. The smallest absolute Gasteiger partial charge is 0.338 e. The highest BCUT2D eigenvalue weighted by Crippen LogP contribution is 2.21. The molecule has 98 valence electrons. The zero-order chi connectivity index (χ0) is 13.0. The highest BCUT2D eigenvalue weighted by Gasteiger charge is 2.15. The first kappa shape index (κ1) is 13.0. The Hall–Kier alpha value is -1.42. The summed E-state index contributed by atoms with van der Waals surface area (Å²) in [5.41, 5.74) is 0.388. The maximum Gasteiger partial charge on any atom is 0.338 e. The van der Waals surface area contributed by atoms with Crippen molar-refractivity contribution >= 4 is 5.97 Å². The van der Waals surface area contributed by atoms with Crippen LogP contribution in [0.15, 0.2) is 18.2 Å². The van der Waals surface area contributed by atoms with E-state index in [2.05, 4.69) is 0 Å². The van der Waals surface area contributed by atoms with Gasteiger partial charge in [0, 0.05) is 0 Å². The number of carboxylic acids is 1. The van der Waals surface area contributed by atoms with Gasteiger partial charge in [0.25, 0.3) is 0 Å². The fourth-order valence-electron chi connectivity index (χ4n) is 2.27. The number of aromatic carboxylic acids is 1. The van der Waals surface area contributed by atoms with Gasteiger partial charge in [0.1, 0.15) is 5.82 Å². The van der Waals surface area contributed by atoms with Crippen molar-refractivity contribution in [2.45, 2.75) is 44.8 Å². The van der Waals surface area contributed by atoms with Crippen molar-refractivity contribution in [1.29, 1.82) is 0 Å². The first-order valence-electron chi connectivity index (χ1n) is 6.30. The van der Waals surface area contributed by atoms with E-state index in [0.717, 1.165) is 12.8 Å². The van der Waals surface area contributed by atoms with Crippen molar-refractivity contribution in [3.05, 3.63) is 35.1 Å². The zero-order valence-electron chi connectivity index (χ0n) is 10.2. The van der Waals surface area contributed by atoms with Gasteiger partial charge >= 0.3 is 5.97 Å². The van der Waals surface area contributed by atoms with Crippen LogP contribution in [0.1, 0.15) is 48.0 Å². The number of carbonyl (C=O) groups is 1. The summed E-state index contributed by atoms with van der Waals surface area (Å²) in [4.78, 5) is 10.7. The second-order valence-electron chi connectivity index (χ2n) is 4.69. The number of halogens is 1. The Morgan fingerprint density at radius 2 is 2.06 bits per heavy atom. The fourth-order valence-corrected chi connectivity index (χ4v) is 2.27. The summed E-state index contributed by atoms with van der Waals surface area (Å²) in [6, 6.07) is 4.14. The molecule has 1 aromatic carbocycles. The molecule has 1 aliphatic carbocycles. The second-order valence-corrected chi connectivity index (χ2v) is 4.69. The highest BCUT2D eigenvalue weighted by atomic mass is 19.1. The maximum atomic E-state index is 13.4. The Balaban J connectivity index is 1.93. The first-order chi connectivity index (χ1) is 8.66. The lowest BCUT2D eigenvalue weighted by molar-refractivity contribution is 0.0167. The van der Waals surface area contributed by atoms with Crippen LogP contribution in [-0.2, 0) is 11.3 Å². The minimum Gasteiger partial charge on any atom is -0.478 e. The molecule has 0 radical (unpaired) electrons. The molecule has 1 saturated carbocycles. The number of hydrogen-bond acceptors (Lipinski definition) is 2. The lowest BCUT2D eigenvalue weighted by Gasteiger charge is -2.22. The van der Waals surface area contributed by atoms with Crippen molar-refractivity contribution in [3.63, 3.8) is 0 Å². The molecule has 0 heterocycles. The van der Waals surface area contributed by atoms with Crippen molar-refractivity contribution in [3.8, 4) is 0 Å². The Kier molecular flexibility index (Phi) is 4.31. The third-order valence-corrected chi connectivity index (χ3v) is 3.30. The van der Waals surface area contributed by atoms with Gasteiger partial charge in [0.05, 0.1) is 18.3 Å². The molecular weight excluding hydrogens is 235 g/mol. The molecule has 0 unspecified atom stereocenters. The molecule has 4 heteroatoms. The van der Waals surface area contributed by atoms with Crippen LogP contribution in [0.25, 0.3) is 0 Å². The molecule has 3 nitrogen and oxygen atoms in total. The lowest BCUT2D eigenvalue weighted by Crippen LogP contribution is -2.16. The number of ether oxygens (including phenoxy) is 1. The SMILES string of the molecule is O=C(O)c1ccc(COC2CCCCC2)cc1F. The molecule has 18 heavy (non-hydrogen) atoms. The molecule has 1 aliphatic rings. The highest BCUT2D eigenvalue weighted by molar-refractivity contribution is 5.87. The Labute approximate surface area is 106 Å². The monoisotopic (exact) mass is 252 g/mol. The van der Waals surface area contributed by atoms with Crippen molar-refractivity contribution < 1.29 is 19.0 Å².